The minimum atomic E-state index is 0.541. The number of rotatable bonds is 3. The highest BCUT2D eigenvalue weighted by molar-refractivity contribution is 5.85. The SMILES string of the molecule is NCCOc1c[nH]c2ccccc12. The molecule has 0 spiro atoms. The van der Waals surface area contributed by atoms with E-state index in [0.29, 0.717) is 13.2 Å². The second-order valence-corrected chi connectivity index (χ2v) is 2.84. The van der Waals surface area contributed by atoms with Crippen LogP contribution in [-0.4, -0.2) is 18.1 Å². The van der Waals surface area contributed by atoms with E-state index in [1.807, 2.05) is 30.5 Å². The van der Waals surface area contributed by atoms with Crippen molar-refractivity contribution < 1.29 is 4.74 Å². The van der Waals surface area contributed by atoms with E-state index in [0.717, 1.165) is 16.7 Å². The maximum absolute atomic E-state index is 5.45. The molecule has 3 heteroatoms. The fraction of sp³-hybridized carbons (Fsp3) is 0.200. The molecule has 1 aromatic heterocycles. The molecule has 1 aromatic carbocycles. The van der Waals surface area contributed by atoms with E-state index in [1.54, 1.807) is 0 Å². The van der Waals surface area contributed by atoms with Crippen LogP contribution in [0.2, 0.25) is 0 Å². The molecule has 0 amide bonds. The Morgan fingerprint density at radius 2 is 2.15 bits per heavy atom. The van der Waals surface area contributed by atoms with Crippen LogP contribution in [0.4, 0.5) is 0 Å². The van der Waals surface area contributed by atoms with Gasteiger partial charge in [-0.25, -0.2) is 0 Å². The number of aromatic amines is 1. The normalized spacial score (nSPS) is 10.5. The van der Waals surface area contributed by atoms with E-state index in [-0.39, 0.29) is 0 Å². The molecule has 68 valence electrons. The maximum atomic E-state index is 5.45. The van der Waals surface area contributed by atoms with Gasteiger partial charge in [-0.1, -0.05) is 12.1 Å². The summed E-state index contributed by atoms with van der Waals surface area (Å²) in [5, 5.41) is 1.11. The zero-order chi connectivity index (χ0) is 9.10. The lowest BCUT2D eigenvalue weighted by atomic mass is 10.2. The Hall–Kier alpha value is -1.48. The second kappa shape index (κ2) is 3.49. The number of benzene rings is 1. The van der Waals surface area contributed by atoms with Crippen molar-refractivity contribution in [2.24, 2.45) is 5.73 Å². The molecule has 0 aliphatic rings. The van der Waals surface area contributed by atoms with Crippen LogP contribution in [0.25, 0.3) is 10.9 Å². The number of nitrogens with two attached hydrogens (primary N) is 1. The summed E-state index contributed by atoms with van der Waals surface area (Å²) in [6, 6.07) is 8.03. The standard InChI is InChI=1S/C10H12N2O/c11-5-6-13-10-7-12-9-4-2-1-3-8(9)10/h1-4,7,12H,5-6,11H2. The first kappa shape index (κ1) is 8.13. The van der Waals surface area contributed by atoms with Gasteiger partial charge in [0.2, 0.25) is 0 Å². The summed E-state index contributed by atoms with van der Waals surface area (Å²) in [5.74, 6) is 0.876. The monoisotopic (exact) mass is 176 g/mol. The van der Waals surface area contributed by atoms with E-state index in [2.05, 4.69) is 4.98 Å². The van der Waals surface area contributed by atoms with Crippen LogP contribution < -0.4 is 10.5 Å². The van der Waals surface area contributed by atoms with Gasteiger partial charge in [0.1, 0.15) is 12.4 Å². The van der Waals surface area contributed by atoms with Crippen LogP contribution in [0.15, 0.2) is 30.5 Å². The fourth-order valence-electron chi connectivity index (χ4n) is 1.33. The minimum Gasteiger partial charge on any atom is -0.490 e. The molecule has 0 aliphatic carbocycles. The summed E-state index contributed by atoms with van der Waals surface area (Å²) in [5.41, 5.74) is 6.45. The molecule has 0 saturated carbocycles. The number of hydrogen-bond donors (Lipinski definition) is 2. The van der Waals surface area contributed by atoms with Gasteiger partial charge in [0.05, 0.1) is 0 Å². The summed E-state index contributed by atoms with van der Waals surface area (Å²) in [4.78, 5) is 3.13. The third-order valence-electron chi connectivity index (χ3n) is 1.93. The minimum absolute atomic E-state index is 0.541. The van der Waals surface area contributed by atoms with Gasteiger partial charge in [-0.05, 0) is 12.1 Å². The highest BCUT2D eigenvalue weighted by Crippen LogP contribution is 2.24. The third-order valence-corrected chi connectivity index (χ3v) is 1.93. The van der Waals surface area contributed by atoms with Crippen molar-refractivity contribution in [3.63, 3.8) is 0 Å². The van der Waals surface area contributed by atoms with Gasteiger partial charge in [-0.2, -0.15) is 0 Å². The highest BCUT2D eigenvalue weighted by atomic mass is 16.5. The molecule has 0 saturated heterocycles. The predicted octanol–water partition coefficient (Wildman–Crippen LogP) is 1.51. The molecule has 2 aromatic rings. The van der Waals surface area contributed by atoms with Gasteiger partial charge >= 0.3 is 0 Å². The second-order valence-electron chi connectivity index (χ2n) is 2.84. The molecule has 2 rings (SSSR count). The van der Waals surface area contributed by atoms with E-state index in [4.69, 9.17) is 10.5 Å². The largest absolute Gasteiger partial charge is 0.490 e. The average Bonchev–Trinajstić information content (AvgIpc) is 2.58. The molecule has 1 heterocycles. The molecule has 0 atom stereocenters. The lowest BCUT2D eigenvalue weighted by Crippen LogP contribution is -2.10. The van der Waals surface area contributed by atoms with Crippen molar-refractivity contribution in [1.82, 2.24) is 4.98 Å². The Bertz CT molecular complexity index is 394. The summed E-state index contributed by atoms with van der Waals surface area (Å²) in [7, 11) is 0. The predicted molar refractivity (Wildman–Crippen MR) is 52.8 cm³/mol. The van der Waals surface area contributed by atoms with Crippen LogP contribution in [0.5, 0.6) is 5.75 Å². The maximum Gasteiger partial charge on any atom is 0.144 e. The summed E-state index contributed by atoms with van der Waals surface area (Å²) in [6.45, 7) is 1.10. The Balaban J connectivity index is 2.35. The van der Waals surface area contributed by atoms with Crippen molar-refractivity contribution in [1.29, 1.82) is 0 Å². The van der Waals surface area contributed by atoms with Crippen LogP contribution >= 0.6 is 0 Å². The molecular weight excluding hydrogens is 164 g/mol. The number of H-pyrrole nitrogens is 1. The zero-order valence-electron chi connectivity index (χ0n) is 7.29. The lowest BCUT2D eigenvalue weighted by molar-refractivity contribution is 0.332. The number of aromatic nitrogens is 1. The number of nitrogens with one attached hydrogen (secondary N) is 1. The van der Waals surface area contributed by atoms with Crippen LogP contribution in [-0.2, 0) is 0 Å². The molecule has 0 aliphatic heterocycles. The van der Waals surface area contributed by atoms with Crippen LogP contribution in [0, 0.1) is 0 Å². The van der Waals surface area contributed by atoms with Gasteiger partial charge in [-0.3, -0.25) is 0 Å². The smallest absolute Gasteiger partial charge is 0.144 e. The molecular formula is C10H12N2O. The number of hydrogen-bond acceptors (Lipinski definition) is 2. The molecule has 0 fully saturated rings. The van der Waals surface area contributed by atoms with Gasteiger partial charge in [0.15, 0.2) is 0 Å². The van der Waals surface area contributed by atoms with Crippen LogP contribution in [0.1, 0.15) is 0 Å². The number of ether oxygens (including phenoxy) is 1. The molecule has 0 unspecified atom stereocenters. The van der Waals surface area contributed by atoms with Crippen molar-refractivity contribution in [2.45, 2.75) is 0 Å². The molecule has 3 N–H and O–H groups in total. The average molecular weight is 176 g/mol. The molecule has 13 heavy (non-hydrogen) atoms. The van der Waals surface area contributed by atoms with Gasteiger partial charge < -0.3 is 15.5 Å². The molecule has 3 nitrogen and oxygen atoms in total. The number of para-hydroxylation sites is 1. The quantitative estimate of drug-likeness (QED) is 0.744. The fourth-order valence-corrected chi connectivity index (χ4v) is 1.33. The number of fused-ring (bicyclic) bond motifs is 1. The summed E-state index contributed by atoms with van der Waals surface area (Å²) >= 11 is 0. The first-order valence-electron chi connectivity index (χ1n) is 4.31. The van der Waals surface area contributed by atoms with Crippen molar-refractivity contribution >= 4 is 10.9 Å². The summed E-state index contributed by atoms with van der Waals surface area (Å²) in [6.07, 6.45) is 1.86. The van der Waals surface area contributed by atoms with Gasteiger partial charge in [-0.15, -0.1) is 0 Å². The Labute approximate surface area is 76.5 Å². The van der Waals surface area contributed by atoms with Gasteiger partial charge in [0, 0.05) is 23.6 Å². The zero-order valence-corrected chi connectivity index (χ0v) is 7.29. The Morgan fingerprint density at radius 3 is 3.00 bits per heavy atom. The van der Waals surface area contributed by atoms with E-state index >= 15 is 0 Å². The summed E-state index contributed by atoms with van der Waals surface area (Å²) < 4.78 is 5.45. The van der Waals surface area contributed by atoms with E-state index < -0.39 is 0 Å². The Morgan fingerprint density at radius 1 is 1.31 bits per heavy atom. The molecule has 0 radical (unpaired) electrons. The highest BCUT2D eigenvalue weighted by Gasteiger charge is 2.01. The lowest BCUT2D eigenvalue weighted by Gasteiger charge is -2.00. The van der Waals surface area contributed by atoms with Crippen molar-refractivity contribution in [2.75, 3.05) is 13.2 Å². The molecule has 0 bridgehead atoms. The van der Waals surface area contributed by atoms with Crippen LogP contribution in [0.3, 0.4) is 0 Å². The van der Waals surface area contributed by atoms with Crippen molar-refractivity contribution in [3.8, 4) is 5.75 Å². The first-order valence-corrected chi connectivity index (χ1v) is 4.31. The van der Waals surface area contributed by atoms with E-state index in [9.17, 15) is 0 Å². The Kier molecular flexibility index (Phi) is 2.19. The van der Waals surface area contributed by atoms with Crippen molar-refractivity contribution in [3.05, 3.63) is 30.5 Å². The topological polar surface area (TPSA) is 51.0 Å². The third kappa shape index (κ3) is 1.51. The first-order chi connectivity index (χ1) is 6.42. The van der Waals surface area contributed by atoms with E-state index in [1.165, 1.54) is 0 Å². The van der Waals surface area contributed by atoms with Gasteiger partial charge in [0.25, 0.3) is 0 Å².